The molecule has 0 saturated heterocycles. The third-order valence-electron chi connectivity index (χ3n) is 2.91. The Bertz CT molecular complexity index is 292. The van der Waals surface area contributed by atoms with Gasteiger partial charge >= 0.3 is 0 Å². The molecule has 2 atom stereocenters. The fourth-order valence-corrected chi connectivity index (χ4v) is 2.00. The van der Waals surface area contributed by atoms with Gasteiger partial charge in [0.25, 0.3) is 0 Å². The SMILES string of the molecule is CCCC1CC1NCc1cnn(C)c1. The van der Waals surface area contributed by atoms with E-state index in [1.165, 1.54) is 24.8 Å². The average Bonchev–Trinajstić information content (AvgIpc) is 2.77. The van der Waals surface area contributed by atoms with E-state index < -0.39 is 0 Å². The lowest BCUT2D eigenvalue weighted by Crippen LogP contribution is -2.17. The molecule has 0 spiro atoms. The summed E-state index contributed by atoms with van der Waals surface area (Å²) in [5.74, 6) is 0.941. The Hall–Kier alpha value is -0.830. The number of rotatable bonds is 5. The first kappa shape index (κ1) is 9.71. The molecule has 1 N–H and O–H groups in total. The molecule has 2 rings (SSSR count). The number of aromatic nitrogens is 2. The third kappa shape index (κ3) is 2.35. The first-order valence-corrected chi connectivity index (χ1v) is 5.50. The summed E-state index contributed by atoms with van der Waals surface area (Å²) < 4.78 is 1.85. The lowest BCUT2D eigenvalue weighted by Gasteiger charge is -2.00. The van der Waals surface area contributed by atoms with Crippen LogP contribution < -0.4 is 5.32 Å². The van der Waals surface area contributed by atoms with Crippen molar-refractivity contribution in [3.8, 4) is 0 Å². The van der Waals surface area contributed by atoms with Crippen molar-refractivity contribution in [2.45, 2.75) is 38.8 Å². The van der Waals surface area contributed by atoms with Crippen LogP contribution in [0.3, 0.4) is 0 Å². The number of hydrogen-bond acceptors (Lipinski definition) is 2. The minimum absolute atomic E-state index is 0.773. The van der Waals surface area contributed by atoms with Crippen molar-refractivity contribution < 1.29 is 0 Å². The maximum absolute atomic E-state index is 4.15. The van der Waals surface area contributed by atoms with Gasteiger partial charge in [-0.3, -0.25) is 4.68 Å². The minimum Gasteiger partial charge on any atom is -0.310 e. The normalized spacial score (nSPS) is 25.3. The first-order chi connectivity index (χ1) is 6.79. The van der Waals surface area contributed by atoms with Crippen LogP contribution in [-0.4, -0.2) is 15.8 Å². The standard InChI is InChI=1S/C11H19N3/c1-3-4-10-5-11(10)12-6-9-7-13-14(2)8-9/h7-8,10-12H,3-6H2,1-2H3. The zero-order chi connectivity index (χ0) is 9.97. The fraction of sp³-hybridized carbons (Fsp3) is 0.727. The summed E-state index contributed by atoms with van der Waals surface area (Å²) in [5, 5.41) is 7.71. The first-order valence-electron chi connectivity index (χ1n) is 5.50. The molecule has 0 aromatic carbocycles. The predicted molar refractivity (Wildman–Crippen MR) is 56.9 cm³/mol. The monoisotopic (exact) mass is 193 g/mol. The second-order valence-corrected chi connectivity index (χ2v) is 4.29. The second kappa shape index (κ2) is 4.13. The molecule has 1 aliphatic rings. The third-order valence-corrected chi connectivity index (χ3v) is 2.91. The molecule has 1 fully saturated rings. The number of nitrogens with zero attached hydrogens (tertiary/aromatic N) is 2. The van der Waals surface area contributed by atoms with Crippen LogP contribution in [0.25, 0.3) is 0 Å². The summed E-state index contributed by atoms with van der Waals surface area (Å²) in [6.45, 7) is 3.23. The number of nitrogens with one attached hydrogen (secondary N) is 1. The van der Waals surface area contributed by atoms with E-state index in [-0.39, 0.29) is 0 Å². The van der Waals surface area contributed by atoms with Crippen LogP contribution in [0, 0.1) is 5.92 Å². The highest BCUT2D eigenvalue weighted by Crippen LogP contribution is 2.34. The largest absolute Gasteiger partial charge is 0.310 e. The summed E-state index contributed by atoms with van der Waals surface area (Å²) in [5.41, 5.74) is 1.29. The van der Waals surface area contributed by atoms with Crippen molar-refractivity contribution in [1.29, 1.82) is 0 Å². The van der Waals surface area contributed by atoms with Crippen LogP contribution in [0.2, 0.25) is 0 Å². The molecule has 3 heteroatoms. The predicted octanol–water partition coefficient (Wildman–Crippen LogP) is 1.70. The van der Waals surface area contributed by atoms with Gasteiger partial charge in [-0.25, -0.2) is 0 Å². The molecule has 0 amide bonds. The van der Waals surface area contributed by atoms with Crippen molar-refractivity contribution >= 4 is 0 Å². The Morgan fingerprint density at radius 1 is 1.64 bits per heavy atom. The summed E-state index contributed by atoms with van der Waals surface area (Å²) in [6, 6.07) is 0.773. The Morgan fingerprint density at radius 3 is 3.14 bits per heavy atom. The topological polar surface area (TPSA) is 29.9 Å². The van der Waals surface area contributed by atoms with Crippen LogP contribution in [-0.2, 0) is 13.6 Å². The van der Waals surface area contributed by atoms with Gasteiger partial charge in [0, 0.05) is 31.4 Å². The molecule has 1 aromatic heterocycles. The molecule has 1 aliphatic carbocycles. The molecule has 3 nitrogen and oxygen atoms in total. The maximum atomic E-state index is 4.15. The van der Waals surface area contributed by atoms with Crippen LogP contribution in [0.15, 0.2) is 12.4 Å². The van der Waals surface area contributed by atoms with E-state index in [4.69, 9.17) is 0 Å². The highest BCUT2D eigenvalue weighted by Gasteiger charge is 2.35. The summed E-state index contributed by atoms with van der Waals surface area (Å²) in [6.07, 6.45) is 8.07. The smallest absolute Gasteiger partial charge is 0.0534 e. The number of aryl methyl sites for hydroxylation is 1. The van der Waals surface area contributed by atoms with Gasteiger partial charge in [-0.15, -0.1) is 0 Å². The van der Waals surface area contributed by atoms with Crippen LogP contribution in [0.1, 0.15) is 31.7 Å². The van der Waals surface area contributed by atoms with Crippen LogP contribution >= 0.6 is 0 Å². The van der Waals surface area contributed by atoms with Crippen molar-refractivity contribution in [2.75, 3.05) is 0 Å². The molecule has 0 aliphatic heterocycles. The van der Waals surface area contributed by atoms with Crippen LogP contribution in [0.4, 0.5) is 0 Å². The second-order valence-electron chi connectivity index (χ2n) is 4.29. The molecule has 78 valence electrons. The molecule has 1 saturated carbocycles. The van der Waals surface area contributed by atoms with E-state index in [0.29, 0.717) is 0 Å². The fourth-order valence-electron chi connectivity index (χ4n) is 2.00. The lowest BCUT2D eigenvalue weighted by atomic mass is 10.2. The zero-order valence-corrected chi connectivity index (χ0v) is 9.03. The van der Waals surface area contributed by atoms with Gasteiger partial charge in [0.15, 0.2) is 0 Å². The van der Waals surface area contributed by atoms with Crippen LogP contribution in [0.5, 0.6) is 0 Å². The molecule has 1 heterocycles. The van der Waals surface area contributed by atoms with Gasteiger partial charge in [-0.2, -0.15) is 5.10 Å². The molecule has 0 radical (unpaired) electrons. The Morgan fingerprint density at radius 2 is 2.50 bits per heavy atom. The van der Waals surface area contributed by atoms with E-state index in [0.717, 1.165) is 18.5 Å². The Balaban J connectivity index is 1.69. The Labute approximate surface area is 85.5 Å². The van der Waals surface area contributed by atoms with Gasteiger partial charge in [0.2, 0.25) is 0 Å². The van der Waals surface area contributed by atoms with Gasteiger partial charge in [0.1, 0.15) is 0 Å². The molecule has 1 aromatic rings. The van der Waals surface area contributed by atoms with Gasteiger partial charge in [-0.05, 0) is 18.8 Å². The molecule has 0 bridgehead atoms. The van der Waals surface area contributed by atoms with Crippen molar-refractivity contribution in [2.24, 2.45) is 13.0 Å². The van der Waals surface area contributed by atoms with Crippen molar-refractivity contribution in [3.05, 3.63) is 18.0 Å². The van der Waals surface area contributed by atoms with E-state index >= 15 is 0 Å². The van der Waals surface area contributed by atoms with Gasteiger partial charge in [-0.1, -0.05) is 13.3 Å². The van der Waals surface area contributed by atoms with E-state index in [1.54, 1.807) is 0 Å². The zero-order valence-electron chi connectivity index (χ0n) is 9.03. The van der Waals surface area contributed by atoms with Crippen molar-refractivity contribution in [3.63, 3.8) is 0 Å². The summed E-state index contributed by atoms with van der Waals surface area (Å²) in [4.78, 5) is 0. The lowest BCUT2D eigenvalue weighted by molar-refractivity contribution is 0.599. The highest BCUT2D eigenvalue weighted by atomic mass is 15.2. The van der Waals surface area contributed by atoms with Crippen molar-refractivity contribution in [1.82, 2.24) is 15.1 Å². The van der Waals surface area contributed by atoms with Gasteiger partial charge in [0.05, 0.1) is 6.20 Å². The Kier molecular flexibility index (Phi) is 2.87. The number of hydrogen-bond donors (Lipinski definition) is 1. The quantitative estimate of drug-likeness (QED) is 0.771. The average molecular weight is 193 g/mol. The van der Waals surface area contributed by atoms with E-state index in [1.807, 2.05) is 17.9 Å². The summed E-state index contributed by atoms with van der Waals surface area (Å²) in [7, 11) is 1.96. The minimum atomic E-state index is 0.773. The molecular formula is C11H19N3. The van der Waals surface area contributed by atoms with Gasteiger partial charge < -0.3 is 5.32 Å². The maximum Gasteiger partial charge on any atom is 0.0534 e. The molecule has 2 unspecified atom stereocenters. The summed E-state index contributed by atoms with van der Waals surface area (Å²) >= 11 is 0. The highest BCUT2D eigenvalue weighted by molar-refractivity contribution is 5.04. The van der Waals surface area contributed by atoms with E-state index in [2.05, 4.69) is 23.5 Å². The molecule has 14 heavy (non-hydrogen) atoms. The van der Waals surface area contributed by atoms with E-state index in [9.17, 15) is 0 Å². The molecular weight excluding hydrogens is 174 g/mol.